The van der Waals surface area contributed by atoms with E-state index in [0.29, 0.717) is 12.0 Å². The van der Waals surface area contributed by atoms with Crippen molar-refractivity contribution in [1.29, 1.82) is 0 Å². The number of rotatable bonds is 7. The minimum Gasteiger partial charge on any atom is -0.316 e. The number of benzene rings is 1. The average Bonchev–Trinajstić information content (AvgIpc) is 2.36. The van der Waals surface area contributed by atoms with Crippen molar-refractivity contribution in [2.24, 2.45) is 0 Å². The topological polar surface area (TPSA) is 12.0 Å². The molecule has 0 fully saturated rings. The summed E-state index contributed by atoms with van der Waals surface area (Å²) in [5.74, 6) is 0.593. The van der Waals surface area contributed by atoms with Crippen LogP contribution >= 0.6 is 0 Å². The molecule has 0 aromatic heterocycles. The summed E-state index contributed by atoms with van der Waals surface area (Å²) in [6.45, 7) is 6.81. The monoisotopic (exact) mass is 233 g/mol. The third-order valence-electron chi connectivity index (χ3n) is 3.62. The van der Waals surface area contributed by atoms with E-state index in [4.69, 9.17) is 0 Å². The van der Waals surface area contributed by atoms with Crippen LogP contribution in [-0.2, 0) is 6.42 Å². The Labute approximate surface area is 107 Å². The standard InChI is InChI=1S/C16H27N/c1-5-7-14-9-11-15(12-10-14)13(3)16(17-4)8-6-2/h9-13,16-17H,5-8H2,1-4H3. The van der Waals surface area contributed by atoms with Crippen LogP contribution in [0.5, 0.6) is 0 Å². The van der Waals surface area contributed by atoms with Crippen molar-refractivity contribution in [2.75, 3.05) is 7.05 Å². The summed E-state index contributed by atoms with van der Waals surface area (Å²) in [6, 6.07) is 9.77. The van der Waals surface area contributed by atoms with E-state index in [0.717, 1.165) is 0 Å². The van der Waals surface area contributed by atoms with E-state index in [9.17, 15) is 0 Å². The molecule has 0 aliphatic carbocycles. The molecule has 1 aromatic carbocycles. The molecule has 0 radical (unpaired) electrons. The van der Waals surface area contributed by atoms with E-state index in [1.165, 1.54) is 36.8 Å². The normalized spacial score (nSPS) is 14.6. The molecule has 0 saturated heterocycles. The first kappa shape index (κ1) is 14.2. The molecule has 0 amide bonds. The van der Waals surface area contributed by atoms with Crippen molar-refractivity contribution in [3.05, 3.63) is 35.4 Å². The second-order valence-electron chi connectivity index (χ2n) is 4.96. The fourth-order valence-electron chi connectivity index (χ4n) is 2.46. The molecule has 1 aromatic rings. The van der Waals surface area contributed by atoms with E-state index in [-0.39, 0.29) is 0 Å². The molecule has 2 atom stereocenters. The first-order valence-electron chi connectivity index (χ1n) is 6.99. The van der Waals surface area contributed by atoms with Gasteiger partial charge in [0.2, 0.25) is 0 Å². The minimum absolute atomic E-state index is 0.593. The van der Waals surface area contributed by atoms with Crippen LogP contribution in [0.3, 0.4) is 0 Å². The molecular formula is C16H27N. The summed E-state index contributed by atoms with van der Waals surface area (Å²) < 4.78 is 0. The molecule has 0 aliphatic rings. The van der Waals surface area contributed by atoms with Crippen LogP contribution in [0.25, 0.3) is 0 Å². The second kappa shape index (κ2) is 7.50. The van der Waals surface area contributed by atoms with Crippen molar-refractivity contribution in [3.8, 4) is 0 Å². The van der Waals surface area contributed by atoms with Crippen LogP contribution in [0.2, 0.25) is 0 Å². The zero-order valence-electron chi connectivity index (χ0n) is 11.8. The van der Waals surface area contributed by atoms with Gasteiger partial charge in [-0.1, -0.05) is 57.9 Å². The maximum absolute atomic E-state index is 3.44. The van der Waals surface area contributed by atoms with Crippen molar-refractivity contribution in [1.82, 2.24) is 5.32 Å². The maximum Gasteiger partial charge on any atom is 0.0130 e. The van der Waals surface area contributed by atoms with Gasteiger partial charge in [0, 0.05) is 6.04 Å². The lowest BCUT2D eigenvalue weighted by atomic mass is 9.90. The predicted molar refractivity (Wildman–Crippen MR) is 76.6 cm³/mol. The predicted octanol–water partition coefficient (Wildman–Crippen LogP) is 4.13. The quantitative estimate of drug-likeness (QED) is 0.746. The van der Waals surface area contributed by atoms with Gasteiger partial charge >= 0.3 is 0 Å². The van der Waals surface area contributed by atoms with E-state index >= 15 is 0 Å². The molecular weight excluding hydrogens is 206 g/mol. The van der Waals surface area contributed by atoms with Crippen molar-refractivity contribution in [3.63, 3.8) is 0 Å². The highest BCUT2D eigenvalue weighted by atomic mass is 14.9. The summed E-state index contributed by atoms with van der Waals surface area (Å²) in [4.78, 5) is 0. The molecule has 96 valence electrons. The van der Waals surface area contributed by atoms with E-state index in [1.807, 2.05) is 0 Å². The lowest BCUT2D eigenvalue weighted by Gasteiger charge is -2.23. The Kier molecular flexibility index (Phi) is 6.28. The van der Waals surface area contributed by atoms with Gasteiger partial charge in [0.1, 0.15) is 0 Å². The average molecular weight is 233 g/mol. The van der Waals surface area contributed by atoms with Gasteiger partial charge in [-0.3, -0.25) is 0 Å². The molecule has 2 unspecified atom stereocenters. The summed E-state index contributed by atoms with van der Waals surface area (Å²) >= 11 is 0. The lowest BCUT2D eigenvalue weighted by Crippen LogP contribution is -2.30. The van der Waals surface area contributed by atoms with Crippen molar-refractivity contribution < 1.29 is 0 Å². The van der Waals surface area contributed by atoms with Crippen LogP contribution in [-0.4, -0.2) is 13.1 Å². The van der Waals surface area contributed by atoms with Crippen LogP contribution in [0.1, 0.15) is 57.1 Å². The molecule has 0 saturated carbocycles. The first-order valence-corrected chi connectivity index (χ1v) is 6.99. The molecule has 0 bridgehead atoms. The number of aryl methyl sites for hydroxylation is 1. The van der Waals surface area contributed by atoms with Crippen LogP contribution in [0, 0.1) is 0 Å². The molecule has 0 spiro atoms. The molecule has 1 rings (SSSR count). The molecule has 0 aliphatic heterocycles. The van der Waals surface area contributed by atoms with E-state index in [1.54, 1.807) is 0 Å². The zero-order valence-corrected chi connectivity index (χ0v) is 11.8. The Balaban J connectivity index is 2.70. The Morgan fingerprint density at radius 2 is 1.71 bits per heavy atom. The Bertz CT molecular complexity index is 302. The molecule has 1 heteroatoms. The third kappa shape index (κ3) is 4.16. The highest BCUT2D eigenvalue weighted by molar-refractivity contribution is 5.26. The van der Waals surface area contributed by atoms with E-state index in [2.05, 4.69) is 57.4 Å². The van der Waals surface area contributed by atoms with Gasteiger partial charge in [0.25, 0.3) is 0 Å². The van der Waals surface area contributed by atoms with Gasteiger partial charge in [-0.2, -0.15) is 0 Å². The number of likely N-dealkylation sites (N-methyl/N-ethyl adjacent to an activating group) is 1. The van der Waals surface area contributed by atoms with Gasteiger partial charge < -0.3 is 5.32 Å². The summed E-state index contributed by atoms with van der Waals surface area (Å²) in [5, 5.41) is 3.44. The number of nitrogens with one attached hydrogen (secondary N) is 1. The Hall–Kier alpha value is -0.820. The molecule has 1 N–H and O–H groups in total. The van der Waals surface area contributed by atoms with Gasteiger partial charge in [-0.15, -0.1) is 0 Å². The number of hydrogen-bond donors (Lipinski definition) is 1. The molecule has 1 nitrogen and oxygen atoms in total. The lowest BCUT2D eigenvalue weighted by molar-refractivity contribution is 0.451. The molecule has 17 heavy (non-hydrogen) atoms. The SMILES string of the molecule is CCCc1ccc(C(C)C(CCC)NC)cc1. The first-order chi connectivity index (χ1) is 8.22. The largest absolute Gasteiger partial charge is 0.316 e. The Morgan fingerprint density at radius 3 is 2.18 bits per heavy atom. The van der Waals surface area contributed by atoms with Crippen LogP contribution in [0.15, 0.2) is 24.3 Å². The van der Waals surface area contributed by atoms with Crippen molar-refractivity contribution in [2.45, 2.75) is 58.4 Å². The summed E-state index contributed by atoms with van der Waals surface area (Å²) in [6.07, 6.45) is 4.90. The van der Waals surface area contributed by atoms with Gasteiger partial charge in [-0.05, 0) is 36.9 Å². The summed E-state index contributed by atoms with van der Waals surface area (Å²) in [5.41, 5.74) is 2.91. The minimum atomic E-state index is 0.593. The van der Waals surface area contributed by atoms with Gasteiger partial charge in [-0.25, -0.2) is 0 Å². The highest BCUT2D eigenvalue weighted by Gasteiger charge is 2.15. The fourth-order valence-corrected chi connectivity index (χ4v) is 2.46. The van der Waals surface area contributed by atoms with E-state index < -0.39 is 0 Å². The fraction of sp³-hybridized carbons (Fsp3) is 0.625. The maximum atomic E-state index is 3.44. The zero-order chi connectivity index (χ0) is 12.7. The van der Waals surface area contributed by atoms with Gasteiger partial charge in [0.05, 0.1) is 0 Å². The van der Waals surface area contributed by atoms with Crippen LogP contribution in [0.4, 0.5) is 0 Å². The second-order valence-corrected chi connectivity index (χ2v) is 4.96. The Morgan fingerprint density at radius 1 is 1.06 bits per heavy atom. The molecule has 0 heterocycles. The summed E-state index contributed by atoms with van der Waals surface area (Å²) in [7, 11) is 2.07. The highest BCUT2D eigenvalue weighted by Crippen LogP contribution is 2.22. The van der Waals surface area contributed by atoms with Crippen LogP contribution < -0.4 is 5.32 Å². The van der Waals surface area contributed by atoms with Crippen molar-refractivity contribution >= 4 is 0 Å². The van der Waals surface area contributed by atoms with Gasteiger partial charge in [0.15, 0.2) is 0 Å². The smallest absolute Gasteiger partial charge is 0.0130 e. The third-order valence-corrected chi connectivity index (χ3v) is 3.62. The number of hydrogen-bond acceptors (Lipinski definition) is 1.